The Morgan fingerprint density at radius 2 is 1.75 bits per heavy atom. The van der Waals surface area contributed by atoms with E-state index in [1.807, 2.05) is 24.3 Å². The quantitative estimate of drug-likeness (QED) is 0.460. The molecule has 2 aromatic rings. The van der Waals surface area contributed by atoms with Gasteiger partial charge in [0, 0.05) is 5.56 Å². The number of benzene rings is 2. The van der Waals surface area contributed by atoms with Crippen LogP contribution < -0.4 is 0 Å². The molecule has 0 saturated carbocycles. The fourth-order valence-corrected chi connectivity index (χ4v) is 2.86. The molecule has 0 fully saturated rings. The van der Waals surface area contributed by atoms with Crippen LogP contribution in [0.15, 0.2) is 36.4 Å². The van der Waals surface area contributed by atoms with E-state index < -0.39 is 16.5 Å². The smallest absolute Gasteiger partial charge is 0.142 e. The van der Waals surface area contributed by atoms with E-state index in [2.05, 4.69) is 22.9 Å². The van der Waals surface area contributed by atoms with Crippen LogP contribution in [0, 0.1) is 11.6 Å². The zero-order chi connectivity index (χ0) is 14.7. The normalized spacial score (nSPS) is 12.4. The Labute approximate surface area is 130 Å². The third-order valence-electron chi connectivity index (χ3n) is 3.12. The highest BCUT2D eigenvalue weighted by Crippen LogP contribution is 2.34. The Morgan fingerprint density at radius 1 is 1.10 bits per heavy atom. The topological polar surface area (TPSA) is 0 Å². The van der Waals surface area contributed by atoms with Crippen LogP contribution in [0.3, 0.4) is 0 Å². The molecule has 106 valence electrons. The Balaban J connectivity index is 2.31. The molecule has 0 saturated heterocycles. The van der Waals surface area contributed by atoms with Gasteiger partial charge in [0.05, 0.1) is 9.85 Å². The third kappa shape index (κ3) is 3.39. The summed E-state index contributed by atoms with van der Waals surface area (Å²) < 4.78 is 27.4. The van der Waals surface area contributed by atoms with Gasteiger partial charge >= 0.3 is 0 Å². The van der Waals surface area contributed by atoms with E-state index in [1.165, 1.54) is 5.56 Å². The maximum atomic E-state index is 13.9. The predicted octanol–water partition coefficient (Wildman–Crippen LogP) is 6.06. The van der Waals surface area contributed by atoms with Crippen LogP contribution in [0.25, 0.3) is 0 Å². The van der Waals surface area contributed by atoms with Gasteiger partial charge in [0.25, 0.3) is 0 Å². The van der Waals surface area contributed by atoms with Crippen LogP contribution in [-0.2, 0) is 6.42 Å². The van der Waals surface area contributed by atoms with Crippen LogP contribution in [0.5, 0.6) is 0 Å². The van der Waals surface area contributed by atoms with Gasteiger partial charge < -0.3 is 0 Å². The SMILES string of the molecule is CCCc1ccc(C(Br)c2cc(F)c(Cl)cc2F)cc1. The summed E-state index contributed by atoms with van der Waals surface area (Å²) in [6.07, 6.45) is 2.09. The van der Waals surface area contributed by atoms with Gasteiger partial charge in [-0.2, -0.15) is 0 Å². The second kappa shape index (κ2) is 6.68. The number of halogens is 4. The van der Waals surface area contributed by atoms with Crippen molar-refractivity contribution in [2.75, 3.05) is 0 Å². The van der Waals surface area contributed by atoms with Crippen LogP contribution in [-0.4, -0.2) is 0 Å². The van der Waals surface area contributed by atoms with Crippen molar-refractivity contribution in [1.29, 1.82) is 0 Å². The molecule has 0 aromatic heterocycles. The molecule has 0 radical (unpaired) electrons. The van der Waals surface area contributed by atoms with Crippen LogP contribution in [0.1, 0.15) is 34.9 Å². The van der Waals surface area contributed by atoms with Gasteiger partial charge in [-0.15, -0.1) is 0 Å². The van der Waals surface area contributed by atoms with Crippen molar-refractivity contribution in [2.24, 2.45) is 0 Å². The minimum Gasteiger partial charge on any atom is -0.207 e. The molecule has 0 heterocycles. The fraction of sp³-hybridized carbons (Fsp3) is 0.250. The Morgan fingerprint density at radius 3 is 2.35 bits per heavy atom. The zero-order valence-electron chi connectivity index (χ0n) is 11.0. The molecule has 2 rings (SSSR count). The number of aryl methyl sites for hydroxylation is 1. The van der Waals surface area contributed by atoms with E-state index in [4.69, 9.17) is 11.6 Å². The summed E-state index contributed by atoms with van der Waals surface area (Å²) in [4.78, 5) is -0.398. The Hall–Kier alpha value is -0.930. The molecule has 0 nitrogen and oxygen atoms in total. The molecule has 1 unspecified atom stereocenters. The molecular weight excluding hydrogens is 346 g/mol. The minimum atomic E-state index is -0.616. The second-order valence-electron chi connectivity index (χ2n) is 4.64. The molecule has 2 aromatic carbocycles. The van der Waals surface area contributed by atoms with Gasteiger partial charge in [0.15, 0.2) is 0 Å². The molecule has 0 N–H and O–H groups in total. The van der Waals surface area contributed by atoms with Crippen LogP contribution >= 0.6 is 27.5 Å². The summed E-state index contributed by atoms with van der Waals surface area (Å²) in [6.45, 7) is 2.12. The molecular formula is C16H14BrClF2. The number of alkyl halides is 1. The van der Waals surface area contributed by atoms with Gasteiger partial charge in [-0.25, -0.2) is 8.78 Å². The molecule has 0 aliphatic carbocycles. The van der Waals surface area contributed by atoms with Crippen molar-refractivity contribution in [3.63, 3.8) is 0 Å². The van der Waals surface area contributed by atoms with Gasteiger partial charge in [-0.1, -0.05) is 65.1 Å². The molecule has 20 heavy (non-hydrogen) atoms. The lowest BCUT2D eigenvalue weighted by Gasteiger charge is -2.13. The van der Waals surface area contributed by atoms with Crippen molar-refractivity contribution in [3.8, 4) is 0 Å². The lowest BCUT2D eigenvalue weighted by molar-refractivity contribution is 0.588. The predicted molar refractivity (Wildman–Crippen MR) is 82.6 cm³/mol. The summed E-state index contributed by atoms with van der Waals surface area (Å²) in [7, 11) is 0. The van der Waals surface area contributed by atoms with Gasteiger partial charge in [-0.3, -0.25) is 0 Å². The van der Waals surface area contributed by atoms with Crippen molar-refractivity contribution in [3.05, 3.63) is 69.7 Å². The Kier molecular flexibility index (Phi) is 5.17. The van der Waals surface area contributed by atoms with Gasteiger partial charge in [0.2, 0.25) is 0 Å². The lowest BCUT2D eigenvalue weighted by Crippen LogP contribution is -1.98. The van der Waals surface area contributed by atoms with E-state index in [9.17, 15) is 8.78 Å². The van der Waals surface area contributed by atoms with E-state index in [1.54, 1.807) is 0 Å². The highest BCUT2D eigenvalue weighted by atomic mass is 79.9. The first-order valence-corrected chi connectivity index (χ1v) is 7.69. The number of hydrogen-bond acceptors (Lipinski definition) is 0. The van der Waals surface area contributed by atoms with Crippen molar-refractivity contribution >= 4 is 27.5 Å². The largest absolute Gasteiger partial charge is 0.207 e. The maximum Gasteiger partial charge on any atom is 0.142 e. The first kappa shape index (κ1) is 15.5. The van der Waals surface area contributed by atoms with E-state index in [0.717, 1.165) is 30.5 Å². The van der Waals surface area contributed by atoms with Crippen molar-refractivity contribution in [1.82, 2.24) is 0 Å². The lowest BCUT2D eigenvalue weighted by atomic mass is 10.0. The van der Waals surface area contributed by atoms with Gasteiger partial charge in [0.1, 0.15) is 11.6 Å². The summed E-state index contributed by atoms with van der Waals surface area (Å²) in [5.41, 5.74) is 2.36. The summed E-state index contributed by atoms with van der Waals surface area (Å²) >= 11 is 8.98. The molecule has 4 heteroatoms. The van der Waals surface area contributed by atoms with E-state index >= 15 is 0 Å². The monoisotopic (exact) mass is 358 g/mol. The highest BCUT2D eigenvalue weighted by Gasteiger charge is 2.17. The van der Waals surface area contributed by atoms with Crippen LogP contribution in [0.2, 0.25) is 5.02 Å². The highest BCUT2D eigenvalue weighted by molar-refractivity contribution is 9.09. The fourth-order valence-electron chi connectivity index (χ4n) is 2.05. The standard InChI is InChI=1S/C16H14BrClF2/c1-2-3-10-4-6-11(7-5-10)16(17)12-8-15(20)13(18)9-14(12)19/h4-9,16H,2-3H2,1H3. The van der Waals surface area contributed by atoms with Crippen LogP contribution in [0.4, 0.5) is 8.78 Å². The second-order valence-corrected chi connectivity index (χ2v) is 5.96. The summed E-state index contributed by atoms with van der Waals surface area (Å²) in [6, 6.07) is 10.0. The third-order valence-corrected chi connectivity index (χ3v) is 4.44. The van der Waals surface area contributed by atoms with E-state index in [0.29, 0.717) is 0 Å². The molecule has 0 aliphatic rings. The summed E-state index contributed by atoms with van der Waals surface area (Å²) in [5, 5.41) is -0.204. The Bertz CT molecular complexity index is 596. The number of hydrogen-bond donors (Lipinski definition) is 0. The minimum absolute atomic E-state index is 0.204. The van der Waals surface area contributed by atoms with Gasteiger partial charge in [-0.05, 0) is 29.7 Å². The molecule has 0 bridgehead atoms. The average Bonchev–Trinajstić information content (AvgIpc) is 2.43. The molecule has 0 aliphatic heterocycles. The number of rotatable bonds is 4. The molecule has 1 atom stereocenters. The first-order chi connectivity index (χ1) is 9.52. The molecule has 0 spiro atoms. The average molecular weight is 360 g/mol. The molecule has 0 amide bonds. The van der Waals surface area contributed by atoms with Crippen molar-refractivity contribution < 1.29 is 8.78 Å². The zero-order valence-corrected chi connectivity index (χ0v) is 13.3. The first-order valence-electron chi connectivity index (χ1n) is 6.40. The van der Waals surface area contributed by atoms with Crippen molar-refractivity contribution in [2.45, 2.75) is 24.6 Å². The van der Waals surface area contributed by atoms with E-state index in [-0.39, 0.29) is 10.6 Å². The maximum absolute atomic E-state index is 13.9. The summed E-state index contributed by atoms with van der Waals surface area (Å²) in [5.74, 6) is -1.13.